The summed E-state index contributed by atoms with van der Waals surface area (Å²) in [6.07, 6.45) is 1.77. The van der Waals surface area contributed by atoms with E-state index < -0.39 is 0 Å². The molecule has 0 atom stereocenters. The molecule has 0 unspecified atom stereocenters. The summed E-state index contributed by atoms with van der Waals surface area (Å²) in [4.78, 5) is 4.09. The first-order valence-electron chi connectivity index (χ1n) is 6.57. The maximum atomic E-state index is 5.94. The summed E-state index contributed by atoms with van der Waals surface area (Å²) in [6, 6.07) is 15.8. The van der Waals surface area contributed by atoms with Gasteiger partial charge in [-0.25, -0.2) is 4.98 Å². The predicted molar refractivity (Wildman–Crippen MR) is 94.6 cm³/mol. The third-order valence-electron chi connectivity index (χ3n) is 3.00. The van der Waals surface area contributed by atoms with Gasteiger partial charge in [-0.1, -0.05) is 48.0 Å². The van der Waals surface area contributed by atoms with Crippen LogP contribution in [0.2, 0.25) is 5.02 Å². The standard InChI is InChI=1S/C16H13ClN4S/c17-13-7-5-11(6-8-13)14-4-2-1-3-12(14)9-19-21-16-20-15(18)10-22-16/h1-10H,18H2,(H,20,21). The Labute approximate surface area is 137 Å². The molecule has 0 spiro atoms. The van der Waals surface area contributed by atoms with Crippen molar-refractivity contribution in [2.45, 2.75) is 0 Å². The van der Waals surface area contributed by atoms with Crippen molar-refractivity contribution in [2.75, 3.05) is 11.2 Å². The number of benzene rings is 2. The molecule has 110 valence electrons. The average Bonchev–Trinajstić information content (AvgIpc) is 2.94. The summed E-state index contributed by atoms with van der Waals surface area (Å²) in [5, 5.41) is 7.37. The minimum Gasteiger partial charge on any atom is -0.383 e. The van der Waals surface area contributed by atoms with Crippen molar-refractivity contribution in [3.05, 3.63) is 64.5 Å². The van der Waals surface area contributed by atoms with E-state index in [1.807, 2.05) is 48.5 Å². The molecule has 0 fully saturated rings. The Morgan fingerprint density at radius 3 is 2.64 bits per heavy atom. The molecule has 22 heavy (non-hydrogen) atoms. The minimum atomic E-state index is 0.490. The van der Waals surface area contributed by atoms with E-state index in [0.717, 1.165) is 21.7 Å². The molecule has 1 aromatic heterocycles. The van der Waals surface area contributed by atoms with Gasteiger partial charge in [0.2, 0.25) is 5.13 Å². The maximum Gasteiger partial charge on any atom is 0.205 e. The highest BCUT2D eigenvalue weighted by Gasteiger charge is 2.03. The van der Waals surface area contributed by atoms with Crippen molar-refractivity contribution in [3.8, 4) is 11.1 Å². The van der Waals surface area contributed by atoms with Crippen LogP contribution < -0.4 is 11.2 Å². The molecule has 0 saturated heterocycles. The van der Waals surface area contributed by atoms with Crippen molar-refractivity contribution < 1.29 is 0 Å². The SMILES string of the molecule is Nc1csc(NN=Cc2ccccc2-c2ccc(Cl)cc2)n1. The summed E-state index contributed by atoms with van der Waals surface area (Å²) < 4.78 is 0. The van der Waals surface area contributed by atoms with E-state index in [4.69, 9.17) is 17.3 Å². The largest absolute Gasteiger partial charge is 0.383 e. The van der Waals surface area contributed by atoms with Gasteiger partial charge in [0, 0.05) is 16.0 Å². The van der Waals surface area contributed by atoms with Crippen LogP contribution in [0.5, 0.6) is 0 Å². The number of rotatable bonds is 4. The number of halogens is 1. The lowest BCUT2D eigenvalue weighted by Gasteiger charge is -2.06. The number of hydrazone groups is 1. The number of anilines is 2. The van der Waals surface area contributed by atoms with Crippen LogP contribution in [0, 0.1) is 0 Å². The Morgan fingerprint density at radius 1 is 1.14 bits per heavy atom. The second kappa shape index (κ2) is 6.60. The lowest BCUT2D eigenvalue weighted by Crippen LogP contribution is -1.93. The number of hydrogen-bond acceptors (Lipinski definition) is 5. The van der Waals surface area contributed by atoms with E-state index in [-0.39, 0.29) is 0 Å². The molecule has 0 aliphatic rings. The Hall–Kier alpha value is -2.37. The fraction of sp³-hybridized carbons (Fsp3) is 0. The highest BCUT2D eigenvalue weighted by molar-refractivity contribution is 7.14. The van der Waals surface area contributed by atoms with Gasteiger partial charge in [0.15, 0.2) is 0 Å². The maximum absolute atomic E-state index is 5.94. The number of nitrogen functional groups attached to an aromatic ring is 1. The van der Waals surface area contributed by atoms with E-state index in [2.05, 4.69) is 15.5 Å². The molecule has 3 aromatic rings. The zero-order chi connectivity index (χ0) is 15.4. The van der Waals surface area contributed by atoms with Crippen LogP contribution in [0.4, 0.5) is 10.9 Å². The van der Waals surface area contributed by atoms with Crippen LogP contribution >= 0.6 is 22.9 Å². The van der Waals surface area contributed by atoms with Crippen molar-refractivity contribution in [2.24, 2.45) is 5.10 Å². The zero-order valence-electron chi connectivity index (χ0n) is 11.5. The van der Waals surface area contributed by atoms with Gasteiger partial charge in [0.1, 0.15) is 5.82 Å². The van der Waals surface area contributed by atoms with Gasteiger partial charge in [-0.15, -0.1) is 11.3 Å². The highest BCUT2D eigenvalue weighted by atomic mass is 35.5. The van der Waals surface area contributed by atoms with Crippen molar-refractivity contribution in [3.63, 3.8) is 0 Å². The molecule has 3 N–H and O–H groups in total. The predicted octanol–water partition coefficient (Wildman–Crippen LogP) is 4.49. The van der Waals surface area contributed by atoms with Gasteiger partial charge in [0.05, 0.1) is 6.21 Å². The zero-order valence-corrected chi connectivity index (χ0v) is 13.1. The second-order valence-corrected chi connectivity index (χ2v) is 5.84. The van der Waals surface area contributed by atoms with Crippen LogP contribution in [0.3, 0.4) is 0 Å². The molecule has 0 amide bonds. The summed E-state index contributed by atoms with van der Waals surface area (Å²) in [6.45, 7) is 0. The fourth-order valence-corrected chi connectivity index (χ4v) is 2.67. The summed E-state index contributed by atoms with van der Waals surface area (Å²) in [7, 11) is 0. The molecule has 0 aliphatic carbocycles. The molecule has 4 nitrogen and oxygen atoms in total. The Bertz CT molecular complexity index is 796. The molecular formula is C16H13ClN4S. The third kappa shape index (κ3) is 3.44. The van der Waals surface area contributed by atoms with Crippen LogP contribution in [-0.2, 0) is 0 Å². The number of thiazole rings is 1. The highest BCUT2D eigenvalue weighted by Crippen LogP contribution is 2.24. The lowest BCUT2D eigenvalue weighted by atomic mass is 10.0. The quantitative estimate of drug-likeness (QED) is 0.548. The third-order valence-corrected chi connectivity index (χ3v) is 4.02. The Kier molecular flexibility index (Phi) is 4.37. The van der Waals surface area contributed by atoms with Gasteiger partial charge in [0.25, 0.3) is 0 Å². The Morgan fingerprint density at radius 2 is 1.91 bits per heavy atom. The molecule has 2 aromatic carbocycles. The first-order chi connectivity index (χ1) is 10.7. The number of aromatic nitrogens is 1. The van der Waals surface area contributed by atoms with Crippen LogP contribution in [0.15, 0.2) is 59.0 Å². The van der Waals surface area contributed by atoms with E-state index in [0.29, 0.717) is 10.9 Å². The van der Waals surface area contributed by atoms with E-state index in [1.54, 1.807) is 11.6 Å². The van der Waals surface area contributed by atoms with Crippen LogP contribution in [0.25, 0.3) is 11.1 Å². The lowest BCUT2D eigenvalue weighted by molar-refractivity contribution is 1.29. The summed E-state index contributed by atoms with van der Waals surface area (Å²) in [5.74, 6) is 0.490. The minimum absolute atomic E-state index is 0.490. The summed E-state index contributed by atoms with van der Waals surface area (Å²) in [5.41, 5.74) is 11.6. The van der Waals surface area contributed by atoms with Crippen molar-refractivity contribution in [1.82, 2.24) is 4.98 Å². The topological polar surface area (TPSA) is 63.3 Å². The summed E-state index contributed by atoms with van der Waals surface area (Å²) >= 11 is 7.35. The smallest absolute Gasteiger partial charge is 0.205 e. The molecule has 6 heteroatoms. The fourth-order valence-electron chi connectivity index (χ4n) is 2.00. The van der Waals surface area contributed by atoms with Gasteiger partial charge in [-0.05, 0) is 23.3 Å². The van der Waals surface area contributed by atoms with Gasteiger partial charge >= 0.3 is 0 Å². The van der Waals surface area contributed by atoms with Crippen LogP contribution in [-0.4, -0.2) is 11.2 Å². The monoisotopic (exact) mass is 328 g/mol. The van der Waals surface area contributed by atoms with E-state index in [1.165, 1.54) is 11.3 Å². The molecule has 3 rings (SSSR count). The van der Waals surface area contributed by atoms with Crippen molar-refractivity contribution in [1.29, 1.82) is 0 Å². The molecule has 0 aliphatic heterocycles. The number of nitrogens with one attached hydrogen (secondary N) is 1. The molecular weight excluding hydrogens is 316 g/mol. The molecule has 1 heterocycles. The number of nitrogens with two attached hydrogens (primary N) is 1. The van der Waals surface area contributed by atoms with Gasteiger partial charge < -0.3 is 5.73 Å². The normalized spacial score (nSPS) is 11.0. The van der Waals surface area contributed by atoms with E-state index >= 15 is 0 Å². The first-order valence-corrected chi connectivity index (χ1v) is 7.83. The van der Waals surface area contributed by atoms with Crippen molar-refractivity contribution >= 4 is 40.1 Å². The second-order valence-electron chi connectivity index (χ2n) is 4.54. The van der Waals surface area contributed by atoms with E-state index in [9.17, 15) is 0 Å². The van der Waals surface area contributed by atoms with Gasteiger partial charge in [-0.3, -0.25) is 5.43 Å². The molecule has 0 radical (unpaired) electrons. The van der Waals surface area contributed by atoms with Gasteiger partial charge in [-0.2, -0.15) is 5.10 Å². The number of hydrogen-bond donors (Lipinski definition) is 2. The first kappa shape index (κ1) is 14.6. The van der Waals surface area contributed by atoms with Crippen LogP contribution in [0.1, 0.15) is 5.56 Å². The number of nitrogens with zero attached hydrogens (tertiary/aromatic N) is 2. The molecule has 0 bridgehead atoms. The Balaban J connectivity index is 1.83. The molecule has 0 saturated carbocycles. The average molecular weight is 329 g/mol.